The van der Waals surface area contributed by atoms with Gasteiger partial charge in [0.15, 0.2) is 0 Å². The largest absolute Gasteiger partial charge is 0.481 e. The summed E-state index contributed by atoms with van der Waals surface area (Å²) < 4.78 is 0. The molecule has 22 heavy (non-hydrogen) atoms. The zero-order valence-corrected chi connectivity index (χ0v) is 12.5. The van der Waals surface area contributed by atoms with Crippen molar-refractivity contribution in [2.24, 2.45) is 5.92 Å². The molecule has 1 aliphatic rings. The van der Waals surface area contributed by atoms with Crippen LogP contribution in [0.15, 0.2) is 30.3 Å². The first-order valence-corrected chi connectivity index (χ1v) is 7.28. The second kappa shape index (κ2) is 7.06. The van der Waals surface area contributed by atoms with Crippen LogP contribution in [0, 0.1) is 5.92 Å². The monoisotopic (exact) mass is 304 g/mol. The number of likely N-dealkylation sites (tertiary alicyclic amines) is 1. The van der Waals surface area contributed by atoms with Gasteiger partial charge in [0, 0.05) is 26.4 Å². The molecule has 2 N–H and O–H groups in total. The zero-order chi connectivity index (χ0) is 16.1. The van der Waals surface area contributed by atoms with Crippen molar-refractivity contribution >= 4 is 17.8 Å². The molecule has 1 heterocycles. The molecule has 0 radical (unpaired) electrons. The van der Waals surface area contributed by atoms with Crippen LogP contribution in [-0.2, 0) is 14.4 Å². The number of hydrogen-bond acceptors (Lipinski definition) is 3. The van der Waals surface area contributed by atoms with Gasteiger partial charge >= 0.3 is 5.97 Å². The molecule has 1 fully saturated rings. The van der Waals surface area contributed by atoms with Crippen LogP contribution >= 0.6 is 0 Å². The topological polar surface area (TPSA) is 86.7 Å². The maximum atomic E-state index is 12.3. The molecule has 6 nitrogen and oxygen atoms in total. The molecule has 2 atom stereocenters. The van der Waals surface area contributed by atoms with Crippen LogP contribution in [0.2, 0.25) is 0 Å². The molecule has 1 saturated heterocycles. The molecule has 1 aromatic carbocycles. The van der Waals surface area contributed by atoms with Crippen LogP contribution in [0.5, 0.6) is 0 Å². The highest BCUT2D eigenvalue weighted by molar-refractivity contribution is 5.89. The Hall–Kier alpha value is -2.37. The number of nitrogens with zero attached hydrogens (tertiary/aromatic N) is 1. The number of carboxylic acid groups (broad SMARTS) is 1. The fourth-order valence-electron chi connectivity index (χ4n) is 2.60. The second-order valence-electron chi connectivity index (χ2n) is 5.58. The van der Waals surface area contributed by atoms with E-state index in [9.17, 15) is 14.4 Å². The molecule has 0 aromatic heterocycles. The van der Waals surface area contributed by atoms with Gasteiger partial charge in [-0.05, 0) is 12.0 Å². The fraction of sp³-hybridized carbons (Fsp3) is 0.438. The minimum Gasteiger partial charge on any atom is -0.481 e. The highest BCUT2D eigenvalue weighted by atomic mass is 16.4. The summed E-state index contributed by atoms with van der Waals surface area (Å²) in [6.45, 7) is 0.408. The second-order valence-corrected chi connectivity index (χ2v) is 5.58. The van der Waals surface area contributed by atoms with Gasteiger partial charge in [0.05, 0.1) is 12.0 Å². The predicted molar refractivity (Wildman–Crippen MR) is 79.9 cm³/mol. The number of rotatable bonds is 6. The SMILES string of the molecule is CN1CC(C(=O)NC(CCC(=O)O)c2ccccc2)CC1=O. The first-order valence-electron chi connectivity index (χ1n) is 7.28. The van der Waals surface area contributed by atoms with Crippen molar-refractivity contribution in [1.29, 1.82) is 0 Å². The van der Waals surface area contributed by atoms with Gasteiger partial charge in [0.25, 0.3) is 0 Å². The number of hydrogen-bond donors (Lipinski definition) is 2. The maximum absolute atomic E-state index is 12.3. The standard InChI is InChI=1S/C16H20N2O4/c1-18-10-12(9-14(18)19)16(22)17-13(7-8-15(20)21)11-5-3-2-4-6-11/h2-6,12-13H,7-10H2,1H3,(H,17,22)(H,20,21). The van der Waals surface area contributed by atoms with Crippen LogP contribution in [0.4, 0.5) is 0 Å². The molecular weight excluding hydrogens is 284 g/mol. The van der Waals surface area contributed by atoms with Gasteiger partial charge in [-0.1, -0.05) is 30.3 Å². The van der Waals surface area contributed by atoms with Crippen molar-refractivity contribution in [3.8, 4) is 0 Å². The molecule has 6 heteroatoms. The molecule has 0 bridgehead atoms. The molecule has 1 aliphatic heterocycles. The Morgan fingerprint density at radius 1 is 1.36 bits per heavy atom. The number of benzene rings is 1. The first-order chi connectivity index (χ1) is 10.5. The molecule has 2 unspecified atom stereocenters. The van der Waals surface area contributed by atoms with E-state index in [1.807, 2.05) is 30.3 Å². The van der Waals surface area contributed by atoms with Gasteiger partial charge in [-0.25, -0.2) is 0 Å². The van der Waals surface area contributed by atoms with E-state index < -0.39 is 5.97 Å². The number of carboxylic acids is 1. The van der Waals surface area contributed by atoms with E-state index in [2.05, 4.69) is 5.32 Å². The van der Waals surface area contributed by atoms with Crippen molar-refractivity contribution < 1.29 is 19.5 Å². The molecule has 2 amide bonds. The third kappa shape index (κ3) is 4.07. The van der Waals surface area contributed by atoms with Crippen LogP contribution < -0.4 is 5.32 Å². The van der Waals surface area contributed by atoms with Gasteiger partial charge in [-0.3, -0.25) is 14.4 Å². The van der Waals surface area contributed by atoms with E-state index in [0.29, 0.717) is 13.0 Å². The Morgan fingerprint density at radius 2 is 2.05 bits per heavy atom. The van der Waals surface area contributed by atoms with Crippen LogP contribution in [0.1, 0.15) is 30.9 Å². The molecular formula is C16H20N2O4. The smallest absolute Gasteiger partial charge is 0.303 e. The normalized spacial score (nSPS) is 19.0. The van der Waals surface area contributed by atoms with Gasteiger partial charge in [0.1, 0.15) is 0 Å². The van der Waals surface area contributed by atoms with Crippen molar-refractivity contribution in [3.05, 3.63) is 35.9 Å². The lowest BCUT2D eigenvalue weighted by atomic mass is 10.00. The van der Waals surface area contributed by atoms with Crippen molar-refractivity contribution in [3.63, 3.8) is 0 Å². The minimum atomic E-state index is -0.897. The van der Waals surface area contributed by atoms with E-state index in [1.165, 1.54) is 0 Å². The van der Waals surface area contributed by atoms with E-state index in [4.69, 9.17) is 5.11 Å². The fourth-order valence-corrected chi connectivity index (χ4v) is 2.60. The number of nitrogens with one attached hydrogen (secondary N) is 1. The van der Waals surface area contributed by atoms with Gasteiger partial charge in [0.2, 0.25) is 11.8 Å². The Kier molecular flexibility index (Phi) is 5.14. The van der Waals surface area contributed by atoms with E-state index in [-0.39, 0.29) is 36.6 Å². The average Bonchev–Trinajstić information content (AvgIpc) is 2.83. The lowest BCUT2D eigenvalue weighted by Gasteiger charge is -2.20. The first kappa shape index (κ1) is 16.0. The Labute approximate surface area is 129 Å². The minimum absolute atomic E-state index is 0.0245. The van der Waals surface area contributed by atoms with E-state index in [0.717, 1.165) is 5.56 Å². The molecule has 0 saturated carbocycles. The molecule has 2 rings (SSSR count). The lowest BCUT2D eigenvalue weighted by Crippen LogP contribution is -2.35. The summed E-state index contributed by atoms with van der Waals surface area (Å²) >= 11 is 0. The number of amides is 2. The van der Waals surface area contributed by atoms with Crippen molar-refractivity contribution in [2.75, 3.05) is 13.6 Å². The third-order valence-electron chi connectivity index (χ3n) is 3.88. The molecule has 1 aromatic rings. The quantitative estimate of drug-likeness (QED) is 0.826. The third-order valence-corrected chi connectivity index (χ3v) is 3.88. The Bertz CT molecular complexity index is 559. The van der Waals surface area contributed by atoms with E-state index >= 15 is 0 Å². The summed E-state index contributed by atoms with van der Waals surface area (Å²) in [6, 6.07) is 8.93. The predicted octanol–water partition coefficient (Wildman–Crippen LogP) is 1.19. The average molecular weight is 304 g/mol. The van der Waals surface area contributed by atoms with Crippen molar-refractivity contribution in [1.82, 2.24) is 10.2 Å². The summed E-state index contributed by atoms with van der Waals surface area (Å²) in [6.07, 6.45) is 0.508. The summed E-state index contributed by atoms with van der Waals surface area (Å²) in [5.41, 5.74) is 0.870. The highest BCUT2D eigenvalue weighted by Crippen LogP contribution is 2.22. The number of carbonyl (C=O) groups is 3. The van der Waals surface area contributed by atoms with Gasteiger partial charge in [-0.2, -0.15) is 0 Å². The zero-order valence-electron chi connectivity index (χ0n) is 12.5. The maximum Gasteiger partial charge on any atom is 0.303 e. The Morgan fingerprint density at radius 3 is 2.59 bits per heavy atom. The van der Waals surface area contributed by atoms with Crippen LogP contribution in [-0.4, -0.2) is 41.4 Å². The van der Waals surface area contributed by atoms with Gasteiger partial charge < -0.3 is 15.3 Å². The lowest BCUT2D eigenvalue weighted by molar-refractivity contribution is -0.137. The Balaban J connectivity index is 2.04. The van der Waals surface area contributed by atoms with Crippen LogP contribution in [0.3, 0.4) is 0 Å². The van der Waals surface area contributed by atoms with E-state index in [1.54, 1.807) is 11.9 Å². The van der Waals surface area contributed by atoms with Crippen molar-refractivity contribution in [2.45, 2.75) is 25.3 Å². The van der Waals surface area contributed by atoms with Crippen LogP contribution in [0.25, 0.3) is 0 Å². The number of aliphatic carboxylic acids is 1. The summed E-state index contributed by atoms with van der Waals surface area (Å²) in [5.74, 6) is -1.50. The molecule has 0 spiro atoms. The van der Waals surface area contributed by atoms with Gasteiger partial charge in [-0.15, -0.1) is 0 Å². The molecule has 118 valence electrons. The summed E-state index contributed by atoms with van der Waals surface area (Å²) in [7, 11) is 1.68. The summed E-state index contributed by atoms with van der Waals surface area (Å²) in [4.78, 5) is 36.2. The highest BCUT2D eigenvalue weighted by Gasteiger charge is 2.33. The number of carbonyl (C=O) groups excluding carboxylic acids is 2. The summed E-state index contributed by atoms with van der Waals surface area (Å²) in [5, 5.41) is 11.8. The molecule has 0 aliphatic carbocycles.